The third kappa shape index (κ3) is 4.18. The van der Waals surface area contributed by atoms with Crippen molar-refractivity contribution < 1.29 is 19.1 Å². The molecule has 3 rings (SSSR count). The van der Waals surface area contributed by atoms with Crippen molar-refractivity contribution in [1.82, 2.24) is 4.98 Å². The van der Waals surface area contributed by atoms with E-state index in [2.05, 4.69) is 10.3 Å². The highest BCUT2D eigenvalue weighted by Crippen LogP contribution is 2.20. The van der Waals surface area contributed by atoms with Crippen LogP contribution in [0.25, 0.3) is 0 Å². The van der Waals surface area contributed by atoms with Crippen LogP contribution in [0.1, 0.15) is 39.2 Å². The minimum Gasteiger partial charge on any atom is -0.491 e. The van der Waals surface area contributed by atoms with E-state index in [1.165, 1.54) is 13.1 Å². The molecule has 1 N–H and O–H groups in total. The number of amides is 1. The Morgan fingerprint density at radius 3 is 2.79 bits per heavy atom. The van der Waals surface area contributed by atoms with Gasteiger partial charge in [0.2, 0.25) is 0 Å². The highest BCUT2D eigenvalue weighted by atomic mass is 32.1. The smallest absolute Gasteiger partial charge is 0.267 e. The van der Waals surface area contributed by atoms with E-state index in [9.17, 15) is 9.59 Å². The van der Waals surface area contributed by atoms with Gasteiger partial charge in [0.05, 0.1) is 12.3 Å². The summed E-state index contributed by atoms with van der Waals surface area (Å²) in [7, 11) is 0. The van der Waals surface area contributed by atoms with E-state index < -0.39 is 0 Å². The summed E-state index contributed by atoms with van der Waals surface area (Å²) in [6.07, 6.45) is 3.70. The van der Waals surface area contributed by atoms with Crippen LogP contribution >= 0.6 is 11.3 Å². The number of hydrogen-bond acceptors (Lipinski definition) is 6. The van der Waals surface area contributed by atoms with E-state index in [4.69, 9.17) is 9.47 Å². The Kier molecular flexibility index (Phi) is 5.22. The van der Waals surface area contributed by atoms with Crippen molar-refractivity contribution in [3.05, 3.63) is 40.3 Å². The van der Waals surface area contributed by atoms with Gasteiger partial charge in [-0.3, -0.25) is 9.59 Å². The molecule has 126 valence electrons. The lowest BCUT2D eigenvalue weighted by molar-refractivity contribution is 0.0679. The van der Waals surface area contributed by atoms with Crippen LogP contribution in [-0.4, -0.2) is 36.0 Å². The number of hydrogen-bond donors (Lipinski definition) is 1. The number of carbonyl (C=O) groups is 2. The molecule has 0 spiro atoms. The zero-order valence-corrected chi connectivity index (χ0v) is 14.1. The monoisotopic (exact) mass is 346 g/mol. The number of ether oxygens (including phenoxy) is 2. The molecule has 0 bridgehead atoms. The molecular formula is C17H18N2O4S. The number of nitrogens with one attached hydrogen (secondary N) is 1. The van der Waals surface area contributed by atoms with Gasteiger partial charge in [0.15, 0.2) is 10.8 Å². The molecule has 1 saturated heterocycles. The molecule has 0 aliphatic carbocycles. The average molecular weight is 346 g/mol. The van der Waals surface area contributed by atoms with Crippen LogP contribution in [-0.2, 0) is 4.74 Å². The van der Waals surface area contributed by atoms with E-state index >= 15 is 0 Å². The number of aromatic nitrogens is 1. The summed E-state index contributed by atoms with van der Waals surface area (Å²) >= 11 is 1.08. The van der Waals surface area contributed by atoms with Crippen molar-refractivity contribution in [2.45, 2.75) is 25.9 Å². The first-order valence-corrected chi connectivity index (χ1v) is 8.56. The lowest BCUT2D eigenvalue weighted by Crippen LogP contribution is -2.16. The summed E-state index contributed by atoms with van der Waals surface area (Å²) in [5, 5.41) is 3.11. The van der Waals surface area contributed by atoms with Crippen LogP contribution in [0, 0.1) is 0 Å². The quantitative estimate of drug-likeness (QED) is 0.813. The molecule has 1 aliphatic rings. The van der Waals surface area contributed by atoms with E-state index in [1.54, 1.807) is 24.3 Å². The molecular weight excluding hydrogens is 328 g/mol. The Morgan fingerprint density at radius 1 is 1.38 bits per heavy atom. The Balaban J connectivity index is 1.54. The van der Waals surface area contributed by atoms with Crippen LogP contribution in [0.5, 0.6) is 5.75 Å². The molecule has 6 nitrogen and oxygen atoms in total. The second-order valence-electron chi connectivity index (χ2n) is 5.51. The summed E-state index contributed by atoms with van der Waals surface area (Å²) < 4.78 is 11.2. The molecule has 1 amide bonds. The van der Waals surface area contributed by atoms with E-state index in [1.807, 2.05) is 0 Å². The number of thiazole rings is 1. The summed E-state index contributed by atoms with van der Waals surface area (Å²) in [6, 6.07) is 7.15. The summed E-state index contributed by atoms with van der Waals surface area (Å²) in [5.74, 6) is 0.306. The van der Waals surface area contributed by atoms with Crippen LogP contribution in [0.15, 0.2) is 30.5 Å². The molecule has 2 heterocycles. The first-order valence-electron chi connectivity index (χ1n) is 7.74. The van der Waals surface area contributed by atoms with Gasteiger partial charge in [-0.05, 0) is 37.1 Å². The summed E-state index contributed by atoms with van der Waals surface area (Å²) in [4.78, 5) is 27.7. The van der Waals surface area contributed by atoms with Gasteiger partial charge in [0, 0.05) is 19.2 Å². The van der Waals surface area contributed by atoms with E-state index in [0.29, 0.717) is 22.2 Å². The topological polar surface area (TPSA) is 77.5 Å². The third-order valence-corrected chi connectivity index (χ3v) is 4.70. The predicted octanol–water partition coefficient (Wildman–Crippen LogP) is 3.16. The third-order valence-electron chi connectivity index (χ3n) is 3.60. The van der Waals surface area contributed by atoms with E-state index in [0.717, 1.165) is 36.5 Å². The number of carbonyl (C=O) groups excluding carboxylic acids is 2. The maximum atomic E-state index is 12.1. The minimum atomic E-state index is -0.284. The van der Waals surface area contributed by atoms with Crippen molar-refractivity contribution in [1.29, 1.82) is 0 Å². The van der Waals surface area contributed by atoms with Crippen molar-refractivity contribution in [3.8, 4) is 5.75 Å². The lowest BCUT2D eigenvalue weighted by atomic mass is 10.2. The zero-order chi connectivity index (χ0) is 16.9. The van der Waals surface area contributed by atoms with Gasteiger partial charge in [-0.25, -0.2) is 4.98 Å². The van der Waals surface area contributed by atoms with Crippen LogP contribution in [0.3, 0.4) is 0 Å². The fourth-order valence-electron chi connectivity index (χ4n) is 2.33. The van der Waals surface area contributed by atoms with Crippen molar-refractivity contribution in [2.75, 3.05) is 18.5 Å². The molecule has 1 fully saturated rings. The number of rotatable bonds is 6. The molecule has 1 aliphatic heterocycles. The molecule has 1 aromatic heterocycles. The van der Waals surface area contributed by atoms with Crippen molar-refractivity contribution >= 4 is 28.7 Å². The van der Waals surface area contributed by atoms with Crippen LogP contribution in [0.2, 0.25) is 0 Å². The molecule has 1 atom stereocenters. The van der Waals surface area contributed by atoms with Gasteiger partial charge in [0.1, 0.15) is 17.2 Å². The fourth-order valence-corrected chi connectivity index (χ4v) is 3.04. The Labute approximate surface area is 143 Å². The maximum absolute atomic E-state index is 12.1. The van der Waals surface area contributed by atoms with Gasteiger partial charge >= 0.3 is 0 Å². The average Bonchev–Trinajstić information content (AvgIpc) is 3.26. The van der Waals surface area contributed by atoms with Gasteiger partial charge < -0.3 is 14.8 Å². The molecule has 1 aromatic carbocycles. The van der Waals surface area contributed by atoms with Crippen molar-refractivity contribution in [3.63, 3.8) is 0 Å². The first kappa shape index (κ1) is 16.6. The van der Waals surface area contributed by atoms with Crippen LogP contribution in [0.4, 0.5) is 5.69 Å². The summed E-state index contributed by atoms with van der Waals surface area (Å²) in [6.45, 7) is 2.78. The van der Waals surface area contributed by atoms with Gasteiger partial charge in [-0.1, -0.05) is 0 Å². The second kappa shape index (κ2) is 7.55. The van der Waals surface area contributed by atoms with E-state index in [-0.39, 0.29) is 17.8 Å². The largest absolute Gasteiger partial charge is 0.491 e. The van der Waals surface area contributed by atoms with Crippen molar-refractivity contribution in [2.24, 2.45) is 0 Å². The highest BCUT2D eigenvalue weighted by molar-refractivity contribution is 7.15. The lowest BCUT2D eigenvalue weighted by Gasteiger charge is -2.11. The molecule has 1 unspecified atom stereocenters. The van der Waals surface area contributed by atoms with Gasteiger partial charge in [-0.2, -0.15) is 0 Å². The number of nitrogens with zero attached hydrogens (tertiary/aromatic N) is 1. The maximum Gasteiger partial charge on any atom is 0.267 e. The Bertz CT molecular complexity index is 720. The molecule has 2 aromatic rings. The summed E-state index contributed by atoms with van der Waals surface area (Å²) in [5.41, 5.74) is 0.655. The van der Waals surface area contributed by atoms with Gasteiger partial charge in [0.25, 0.3) is 5.91 Å². The normalized spacial score (nSPS) is 16.8. The molecule has 7 heteroatoms. The highest BCUT2D eigenvalue weighted by Gasteiger charge is 2.16. The zero-order valence-electron chi connectivity index (χ0n) is 13.3. The van der Waals surface area contributed by atoms with Gasteiger partial charge in [-0.15, -0.1) is 11.3 Å². The number of ketones is 1. The van der Waals surface area contributed by atoms with Crippen LogP contribution < -0.4 is 10.1 Å². The molecule has 24 heavy (non-hydrogen) atoms. The molecule has 0 radical (unpaired) electrons. The SMILES string of the molecule is CC(=O)c1ncc(C(=O)Nc2ccc(OCC3CCCO3)cc2)s1. The Hall–Kier alpha value is -2.25. The standard InChI is InChI=1S/C17H18N2O4S/c1-11(20)17-18-9-15(24-17)16(21)19-12-4-6-13(7-5-12)23-10-14-3-2-8-22-14/h4-7,9,14H,2-3,8,10H2,1H3,(H,19,21). The second-order valence-corrected chi connectivity index (χ2v) is 6.54. The first-order chi connectivity index (χ1) is 11.6. The minimum absolute atomic E-state index is 0.146. The fraction of sp³-hybridized carbons (Fsp3) is 0.353. The number of benzene rings is 1. The predicted molar refractivity (Wildman–Crippen MR) is 91.0 cm³/mol. The number of anilines is 1. The molecule has 0 saturated carbocycles. The number of Topliss-reactive ketones (excluding diaryl/α,β-unsaturated/α-hetero) is 1. The Morgan fingerprint density at radius 2 is 2.17 bits per heavy atom.